The van der Waals surface area contributed by atoms with Crippen molar-refractivity contribution in [3.05, 3.63) is 0 Å². The first-order chi connectivity index (χ1) is 7.20. The van der Waals surface area contributed by atoms with E-state index in [-0.39, 0.29) is 6.61 Å². The van der Waals surface area contributed by atoms with Crippen LogP contribution in [0.15, 0.2) is 0 Å². The summed E-state index contributed by atoms with van der Waals surface area (Å²) in [5.74, 6) is 0. The Kier molecular flexibility index (Phi) is 5.58. The molecule has 0 atom stereocenters. The van der Waals surface area contributed by atoms with Gasteiger partial charge in [-0.2, -0.15) is 0 Å². The van der Waals surface area contributed by atoms with Crippen molar-refractivity contribution >= 4 is 0 Å². The summed E-state index contributed by atoms with van der Waals surface area (Å²) in [5, 5.41) is 9.01. The molecule has 3 nitrogen and oxygen atoms in total. The molecule has 90 valence electrons. The van der Waals surface area contributed by atoms with Gasteiger partial charge in [-0.25, -0.2) is 0 Å². The lowest BCUT2D eigenvalue weighted by molar-refractivity contribution is 0.00284. The molecule has 15 heavy (non-hydrogen) atoms. The molecule has 0 unspecified atom stereocenters. The van der Waals surface area contributed by atoms with Crippen LogP contribution in [0.5, 0.6) is 0 Å². The van der Waals surface area contributed by atoms with Crippen molar-refractivity contribution in [1.29, 1.82) is 0 Å². The highest BCUT2D eigenvalue weighted by molar-refractivity contribution is 4.80. The summed E-state index contributed by atoms with van der Waals surface area (Å²) in [6.07, 6.45) is 3.46. The van der Waals surface area contributed by atoms with E-state index in [1.807, 2.05) is 0 Å². The van der Waals surface area contributed by atoms with Gasteiger partial charge in [0.25, 0.3) is 0 Å². The van der Waals surface area contributed by atoms with Crippen molar-refractivity contribution < 1.29 is 9.84 Å². The van der Waals surface area contributed by atoms with Crippen molar-refractivity contribution in [3.8, 4) is 0 Å². The lowest BCUT2D eigenvalue weighted by Crippen LogP contribution is -2.41. The maximum Gasteiger partial charge on any atom is 0.0558 e. The minimum Gasteiger partial charge on any atom is -0.395 e. The fraction of sp³-hybridized carbons (Fsp3) is 1.00. The van der Waals surface area contributed by atoms with E-state index in [2.05, 4.69) is 18.7 Å². The van der Waals surface area contributed by atoms with Crippen LogP contribution in [0, 0.1) is 5.41 Å². The second kappa shape index (κ2) is 6.46. The van der Waals surface area contributed by atoms with E-state index in [0.717, 1.165) is 52.1 Å². The number of hydrogen-bond donors (Lipinski definition) is 1. The number of aliphatic hydroxyl groups is 1. The molecule has 1 heterocycles. The van der Waals surface area contributed by atoms with Crippen molar-refractivity contribution in [1.82, 2.24) is 4.90 Å². The first-order valence-corrected chi connectivity index (χ1v) is 6.11. The van der Waals surface area contributed by atoms with Crippen LogP contribution in [0.4, 0.5) is 0 Å². The molecule has 0 radical (unpaired) electrons. The number of nitrogens with zero attached hydrogens (tertiary/aromatic N) is 1. The summed E-state index contributed by atoms with van der Waals surface area (Å²) in [7, 11) is 0. The molecule has 0 aliphatic carbocycles. The Morgan fingerprint density at radius 1 is 1.27 bits per heavy atom. The lowest BCUT2D eigenvalue weighted by atomic mass is 9.82. The van der Waals surface area contributed by atoms with Gasteiger partial charge >= 0.3 is 0 Å². The fourth-order valence-electron chi connectivity index (χ4n) is 2.29. The standard InChI is InChI=1S/C12H25NO2/c1-3-6-13(7-8-14)11-12(2)4-9-15-10-5-12/h14H,3-11H2,1-2H3. The molecule has 3 heteroatoms. The molecule has 0 aromatic heterocycles. The molecular formula is C12H25NO2. The minimum atomic E-state index is 0.270. The number of ether oxygens (including phenoxy) is 1. The third kappa shape index (κ3) is 4.49. The van der Waals surface area contributed by atoms with E-state index in [1.54, 1.807) is 0 Å². The zero-order valence-electron chi connectivity index (χ0n) is 10.2. The van der Waals surface area contributed by atoms with E-state index in [9.17, 15) is 0 Å². The summed E-state index contributed by atoms with van der Waals surface area (Å²) in [6.45, 7) is 9.61. The Labute approximate surface area is 93.4 Å². The SMILES string of the molecule is CCCN(CCO)CC1(C)CCOCC1. The predicted molar refractivity (Wildman–Crippen MR) is 62.0 cm³/mol. The summed E-state index contributed by atoms with van der Waals surface area (Å²) in [5.41, 5.74) is 0.391. The lowest BCUT2D eigenvalue weighted by Gasteiger charge is -2.38. The number of hydrogen-bond acceptors (Lipinski definition) is 3. The smallest absolute Gasteiger partial charge is 0.0558 e. The highest BCUT2D eigenvalue weighted by Crippen LogP contribution is 2.30. The predicted octanol–water partition coefficient (Wildman–Crippen LogP) is 1.51. The maximum absolute atomic E-state index is 9.01. The third-order valence-corrected chi connectivity index (χ3v) is 3.26. The largest absolute Gasteiger partial charge is 0.395 e. The molecule has 0 aromatic rings. The van der Waals surface area contributed by atoms with Gasteiger partial charge in [-0.05, 0) is 31.2 Å². The van der Waals surface area contributed by atoms with Gasteiger partial charge in [-0.1, -0.05) is 13.8 Å². The molecule has 1 aliphatic rings. The Morgan fingerprint density at radius 2 is 1.93 bits per heavy atom. The average molecular weight is 215 g/mol. The quantitative estimate of drug-likeness (QED) is 0.729. The van der Waals surface area contributed by atoms with Crippen LogP contribution in [0.2, 0.25) is 0 Å². The van der Waals surface area contributed by atoms with Crippen LogP contribution in [0.1, 0.15) is 33.1 Å². The van der Waals surface area contributed by atoms with Gasteiger partial charge in [0.15, 0.2) is 0 Å². The molecule has 1 aliphatic heterocycles. The maximum atomic E-state index is 9.01. The van der Waals surface area contributed by atoms with Gasteiger partial charge in [-0.3, -0.25) is 0 Å². The summed E-state index contributed by atoms with van der Waals surface area (Å²) in [6, 6.07) is 0. The van der Waals surface area contributed by atoms with Gasteiger partial charge in [0.2, 0.25) is 0 Å². The van der Waals surface area contributed by atoms with Crippen LogP contribution in [0.3, 0.4) is 0 Å². The molecular weight excluding hydrogens is 190 g/mol. The molecule has 0 spiro atoms. The van der Waals surface area contributed by atoms with Crippen LogP contribution in [-0.4, -0.2) is 49.5 Å². The highest BCUT2D eigenvalue weighted by Gasteiger charge is 2.29. The van der Waals surface area contributed by atoms with Gasteiger partial charge in [0, 0.05) is 26.3 Å². The Morgan fingerprint density at radius 3 is 2.47 bits per heavy atom. The molecule has 1 fully saturated rings. The van der Waals surface area contributed by atoms with Gasteiger partial charge in [0.05, 0.1) is 6.61 Å². The topological polar surface area (TPSA) is 32.7 Å². The summed E-state index contributed by atoms with van der Waals surface area (Å²) < 4.78 is 5.40. The molecule has 0 bridgehead atoms. The number of aliphatic hydroxyl groups excluding tert-OH is 1. The van der Waals surface area contributed by atoms with E-state index in [4.69, 9.17) is 9.84 Å². The van der Waals surface area contributed by atoms with Crippen LogP contribution in [0.25, 0.3) is 0 Å². The average Bonchev–Trinajstić information content (AvgIpc) is 2.19. The van der Waals surface area contributed by atoms with Crippen LogP contribution >= 0.6 is 0 Å². The first kappa shape index (κ1) is 12.9. The minimum absolute atomic E-state index is 0.270. The van der Waals surface area contributed by atoms with Crippen molar-refractivity contribution in [3.63, 3.8) is 0 Å². The Bertz CT molecular complexity index is 161. The molecule has 1 N–H and O–H groups in total. The van der Waals surface area contributed by atoms with Crippen molar-refractivity contribution in [2.24, 2.45) is 5.41 Å². The zero-order chi connectivity index (χ0) is 11.1. The molecule has 1 saturated heterocycles. The van der Waals surface area contributed by atoms with Gasteiger partial charge < -0.3 is 14.7 Å². The highest BCUT2D eigenvalue weighted by atomic mass is 16.5. The fourth-order valence-corrected chi connectivity index (χ4v) is 2.29. The van der Waals surface area contributed by atoms with Gasteiger partial charge in [-0.15, -0.1) is 0 Å². The monoisotopic (exact) mass is 215 g/mol. The second-order valence-electron chi connectivity index (χ2n) is 4.92. The third-order valence-electron chi connectivity index (χ3n) is 3.26. The van der Waals surface area contributed by atoms with E-state index >= 15 is 0 Å². The molecule has 0 amide bonds. The number of rotatable bonds is 6. The first-order valence-electron chi connectivity index (χ1n) is 6.11. The molecule has 0 aromatic carbocycles. The van der Waals surface area contributed by atoms with Crippen molar-refractivity contribution in [2.75, 3.05) is 39.5 Å². The Hall–Kier alpha value is -0.120. The normalized spacial score (nSPS) is 20.8. The van der Waals surface area contributed by atoms with Crippen LogP contribution < -0.4 is 0 Å². The molecule has 0 saturated carbocycles. The Balaban J connectivity index is 2.39. The van der Waals surface area contributed by atoms with Crippen molar-refractivity contribution in [2.45, 2.75) is 33.1 Å². The van der Waals surface area contributed by atoms with E-state index in [0.29, 0.717) is 5.41 Å². The van der Waals surface area contributed by atoms with Gasteiger partial charge in [0.1, 0.15) is 0 Å². The van der Waals surface area contributed by atoms with E-state index < -0.39 is 0 Å². The van der Waals surface area contributed by atoms with E-state index in [1.165, 1.54) is 0 Å². The summed E-state index contributed by atoms with van der Waals surface area (Å²) in [4.78, 5) is 2.38. The molecule has 1 rings (SSSR count). The summed E-state index contributed by atoms with van der Waals surface area (Å²) >= 11 is 0. The second-order valence-corrected chi connectivity index (χ2v) is 4.92. The van der Waals surface area contributed by atoms with Crippen LogP contribution in [-0.2, 0) is 4.74 Å². The zero-order valence-corrected chi connectivity index (χ0v) is 10.2.